The van der Waals surface area contributed by atoms with Crippen LogP contribution in [0.3, 0.4) is 0 Å². The maximum Gasteiger partial charge on any atom is 0.264 e. The van der Waals surface area contributed by atoms with E-state index < -0.39 is 22.0 Å². The van der Waals surface area contributed by atoms with Crippen molar-refractivity contribution < 1.29 is 17.9 Å². The van der Waals surface area contributed by atoms with Crippen LogP contribution in [0.15, 0.2) is 53.4 Å². The monoisotopic (exact) mass is 378 g/mol. The lowest BCUT2D eigenvalue weighted by Crippen LogP contribution is -2.38. The summed E-state index contributed by atoms with van der Waals surface area (Å²) in [7, 11) is -4.11. The van der Waals surface area contributed by atoms with E-state index in [-0.39, 0.29) is 22.1 Å². The van der Waals surface area contributed by atoms with Crippen LogP contribution in [0.2, 0.25) is 5.02 Å². The van der Waals surface area contributed by atoms with Gasteiger partial charge >= 0.3 is 0 Å². The minimum absolute atomic E-state index is 0.00815. The minimum Gasteiger partial charge on any atom is -0.364 e. The van der Waals surface area contributed by atoms with Crippen LogP contribution in [0.5, 0.6) is 0 Å². The van der Waals surface area contributed by atoms with Crippen molar-refractivity contribution in [3.05, 3.63) is 64.7 Å². The number of ether oxygens (including phenoxy) is 1. The SMILES string of the molecule is CC(OCc1ccccc1)C(=O)NS(=O)(=O)c1ccc(C#N)c(Cl)c1. The number of sulfonamides is 1. The Bertz CT molecular complexity index is 908. The number of halogens is 1. The molecule has 130 valence electrons. The van der Waals surface area contributed by atoms with Gasteiger partial charge < -0.3 is 4.74 Å². The van der Waals surface area contributed by atoms with Crippen molar-refractivity contribution in [1.82, 2.24) is 4.72 Å². The van der Waals surface area contributed by atoms with Gasteiger partial charge in [-0.3, -0.25) is 4.79 Å². The maximum atomic E-state index is 12.2. The van der Waals surface area contributed by atoms with Gasteiger partial charge in [-0.25, -0.2) is 13.1 Å². The third-order valence-electron chi connectivity index (χ3n) is 3.32. The summed E-state index contributed by atoms with van der Waals surface area (Å²) in [4.78, 5) is 11.9. The summed E-state index contributed by atoms with van der Waals surface area (Å²) < 4.78 is 31.8. The van der Waals surface area contributed by atoms with Gasteiger partial charge in [-0.15, -0.1) is 0 Å². The molecule has 2 aromatic rings. The summed E-state index contributed by atoms with van der Waals surface area (Å²) in [5.74, 6) is -0.795. The van der Waals surface area contributed by atoms with Crippen molar-refractivity contribution >= 4 is 27.5 Å². The molecule has 0 aliphatic carbocycles. The van der Waals surface area contributed by atoms with Crippen LogP contribution in [0.25, 0.3) is 0 Å². The van der Waals surface area contributed by atoms with Crippen LogP contribution in [-0.2, 0) is 26.2 Å². The van der Waals surface area contributed by atoms with Gasteiger partial charge in [-0.1, -0.05) is 41.9 Å². The number of rotatable bonds is 6. The summed E-state index contributed by atoms with van der Waals surface area (Å²) >= 11 is 5.83. The minimum atomic E-state index is -4.11. The zero-order valence-corrected chi connectivity index (χ0v) is 14.8. The lowest BCUT2D eigenvalue weighted by molar-refractivity contribution is -0.130. The highest BCUT2D eigenvalue weighted by atomic mass is 35.5. The largest absolute Gasteiger partial charge is 0.364 e. The van der Waals surface area contributed by atoms with E-state index in [0.29, 0.717) is 0 Å². The molecule has 2 aromatic carbocycles. The normalized spacial score (nSPS) is 12.2. The molecular formula is C17H15ClN2O4S. The molecule has 0 bridgehead atoms. The molecule has 0 heterocycles. The summed E-state index contributed by atoms with van der Waals surface area (Å²) in [5, 5.41) is 8.81. The first-order valence-corrected chi connectivity index (χ1v) is 9.11. The molecule has 0 aliphatic heterocycles. The van der Waals surface area contributed by atoms with Gasteiger partial charge in [0, 0.05) is 0 Å². The van der Waals surface area contributed by atoms with Crippen LogP contribution in [0, 0.1) is 11.3 Å². The van der Waals surface area contributed by atoms with Crippen LogP contribution in [-0.4, -0.2) is 20.4 Å². The Labute approximate surface area is 151 Å². The fraction of sp³-hybridized carbons (Fsp3) is 0.176. The number of carbonyl (C=O) groups is 1. The summed E-state index contributed by atoms with van der Waals surface area (Å²) in [6.45, 7) is 1.64. The molecule has 1 amide bonds. The molecule has 0 fully saturated rings. The van der Waals surface area contributed by atoms with Crippen molar-refractivity contribution in [2.75, 3.05) is 0 Å². The van der Waals surface area contributed by atoms with Crippen LogP contribution in [0.1, 0.15) is 18.1 Å². The smallest absolute Gasteiger partial charge is 0.264 e. The number of hydrogen-bond acceptors (Lipinski definition) is 5. The second-order valence-electron chi connectivity index (χ2n) is 5.16. The maximum absolute atomic E-state index is 12.2. The molecule has 8 heteroatoms. The molecule has 25 heavy (non-hydrogen) atoms. The Kier molecular flexibility index (Phi) is 6.15. The third-order valence-corrected chi connectivity index (χ3v) is 4.98. The molecule has 0 spiro atoms. The van der Waals surface area contributed by atoms with E-state index in [2.05, 4.69) is 0 Å². The number of benzene rings is 2. The van der Waals surface area contributed by atoms with Crippen molar-refractivity contribution in [1.29, 1.82) is 5.26 Å². The van der Waals surface area contributed by atoms with Gasteiger partial charge in [-0.05, 0) is 30.7 Å². The molecule has 0 saturated carbocycles. The predicted molar refractivity (Wildman–Crippen MR) is 92.2 cm³/mol. The highest BCUT2D eigenvalue weighted by Crippen LogP contribution is 2.20. The lowest BCUT2D eigenvalue weighted by Gasteiger charge is -2.14. The molecule has 0 aromatic heterocycles. The predicted octanol–water partition coefficient (Wildman–Crippen LogP) is 2.62. The lowest BCUT2D eigenvalue weighted by atomic mass is 10.2. The summed E-state index contributed by atoms with van der Waals surface area (Å²) in [6, 6.07) is 14.6. The fourth-order valence-electron chi connectivity index (χ4n) is 1.90. The average Bonchev–Trinajstić information content (AvgIpc) is 2.60. The quantitative estimate of drug-likeness (QED) is 0.833. The second kappa shape index (κ2) is 8.12. The number of nitrogens with zero attached hydrogens (tertiary/aromatic N) is 1. The van der Waals surface area contributed by atoms with E-state index in [0.717, 1.165) is 11.6 Å². The molecule has 1 atom stereocenters. The number of nitriles is 1. The van der Waals surface area contributed by atoms with Crippen molar-refractivity contribution in [2.45, 2.75) is 24.5 Å². The van der Waals surface area contributed by atoms with Gasteiger partial charge in [0.1, 0.15) is 12.2 Å². The van der Waals surface area contributed by atoms with Gasteiger partial charge in [0.2, 0.25) is 0 Å². The third kappa shape index (κ3) is 5.03. The summed E-state index contributed by atoms with van der Waals surface area (Å²) in [6.07, 6.45) is -0.969. The van der Waals surface area contributed by atoms with Crippen LogP contribution in [0.4, 0.5) is 0 Å². The Morgan fingerprint density at radius 2 is 1.96 bits per heavy atom. The van der Waals surface area contributed by atoms with Gasteiger partial charge in [0.15, 0.2) is 0 Å². The molecule has 1 unspecified atom stereocenters. The van der Waals surface area contributed by atoms with Gasteiger partial charge in [0.25, 0.3) is 15.9 Å². The molecule has 6 nitrogen and oxygen atoms in total. The standard InChI is InChI=1S/C17H15ClN2O4S/c1-12(24-11-13-5-3-2-4-6-13)17(21)20-25(22,23)15-8-7-14(10-19)16(18)9-15/h2-9,12H,11H2,1H3,(H,20,21). The molecule has 2 rings (SSSR count). The van der Waals surface area contributed by atoms with Crippen molar-refractivity contribution in [3.63, 3.8) is 0 Å². The van der Waals surface area contributed by atoms with E-state index in [9.17, 15) is 13.2 Å². The van der Waals surface area contributed by atoms with E-state index in [4.69, 9.17) is 21.6 Å². The number of hydrogen-bond donors (Lipinski definition) is 1. The van der Waals surface area contributed by atoms with E-state index in [1.54, 1.807) is 0 Å². The Morgan fingerprint density at radius 3 is 2.56 bits per heavy atom. The molecule has 1 N–H and O–H groups in total. The van der Waals surface area contributed by atoms with E-state index in [1.807, 2.05) is 41.1 Å². The first-order chi connectivity index (χ1) is 11.8. The van der Waals surface area contributed by atoms with Crippen LogP contribution >= 0.6 is 11.6 Å². The fourth-order valence-corrected chi connectivity index (χ4v) is 3.26. The first-order valence-electron chi connectivity index (χ1n) is 7.25. The van der Waals surface area contributed by atoms with Crippen molar-refractivity contribution in [3.8, 4) is 6.07 Å². The number of carbonyl (C=O) groups excluding carboxylic acids is 1. The number of amides is 1. The average molecular weight is 379 g/mol. The van der Waals surface area contributed by atoms with Crippen LogP contribution < -0.4 is 4.72 Å². The van der Waals surface area contributed by atoms with E-state index in [1.165, 1.54) is 19.1 Å². The first kappa shape index (κ1) is 18.9. The van der Waals surface area contributed by atoms with E-state index >= 15 is 0 Å². The topological polar surface area (TPSA) is 96.3 Å². The molecule has 0 aliphatic rings. The molecular weight excluding hydrogens is 364 g/mol. The van der Waals surface area contributed by atoms with Gasteiger partial charge in [0.05, 0.1) is 22.1 Å². The Morgan fingerprint density at radius 1 is 1.28 bits per heavy atom. The summed E-state index contributed by atoms with van der Waals surface area (Å²) in [5.41, 5.74) is 1.01. The molecule has 0 saturated heterocycles. The van der Waals surface area contributed by atoms with Crippen molar-refractivity contribution in [2.24, 2.45) is 0 Å². The Hall–Kier alpha value is -2.40. The Balaban J connectivity index is 2.03. The highest BCUT2D eigenvalue weighted by Gasteiger charge is 2.23. The highest BCUT2D eigenvalue weighted by molar-refractivity contribution is 7.90. The van der Waals surface area contributed by atoms with Gasteiger partial charge in [-0.2, -0.15) is 5.26 Å². The zero-order chi connectivity index (χ0) is 18.4. The zero-order valence-electron chi connectivity index (χ0n) is 13.3. The number of nitrogens with one attached hydrogen (secondary N) is 1. The molecule has 0 radical (unpaired) electrons. The second-order valence-corrected chi connectivity index (χ2v) is 7.25.